The summed E-state index contributed by atoms with van der Waals surface area (Å²) in [6.45, 7) is 0.455. The molecule has 0 amide bonds. The molecule has 3 rings (SSSR count). The number of aliphatic carboxylic acids is 1. The maximum Gasteiger partial charge on any atom is 0.316 e. The average Bonchev–Trinajstić information content (AvgIpc) is 2.90. The molecule has 3 aliphatic rings. The largest absolute Gasteiger partial charge is 0.481 e. The van der Waals surface area contributed by atoms with Gasteiger partial charge < -0.3 is 9.84 Å². The van der Waals surface area contributed by atoms with Crippen LogP contribution in [0.5, 0.6) is 0 Å². The van der Waals surface area contributed by atoms with Gasteiger partial charge in [0.25, 0.3) is 0 Å². The molecule has 0 aliphatic heterocycles. The van der Waals surface area contributed by atoms with Crippen molar-refractivity contribution in [2.45, 2.75) is 76.3 Å². The molecule has 14 heteroatoms. The third-order valence-corrected chi connectivity index (χ3v) is 8.53. The maximum atomic E-state index is 12.7. The number of hydrogen-bond acceptors (Lipinski definition) is 11. The van der Waals surface area contributed by atoms with Gasteiger partial charge in [-0.3, -0.25) is 35.1 Å². The predicted octanol–water partition coefficient (Wildman–Crippen LogP) is 2.98. The van der Waals surface area contributed by atoms with Gasteiger partial charge in [-0.1, -0.05) is 0 Å². The van der Waals surface area contributed by atoms with Crippen LogP contribution in [0.4, 0.5) is 0 Å². The fourth-order valence-electron chi connectivity index (χ4n) is 6.28. The number of hydrogen-bond donors (Lipinski definition) is 2. The van der Waals surface area contributed by atoms with Crippen molar-refractivity contribution in [3.8, 4) is 0 Å². The number of carbonyl (C=O) groups is 2. The summed E-state index contributed by atoms with van der Waals surface area (Å²) < 4.78 is 5.40. The standard InChI is InChI=1S/C24H38N2O12/c27-23(28)18-4-2-6-21(26(32)33)22(18)24(29)35-11-15-7-9-16(10-8-15)12-37-38-14-19-17(13-36-34)3-1-5-20(19)25(30)31/h15-22,34H,1-14H2,(H,27,28). The summed E-state index contributed by atoms with van der Waals surface area (Å²) in [5.41, 5.74) is 0. The van der Waals surface area contributed by atoms with Crippen LogP contribution < -0.4 is 0 Å². The Morgan fingerprint density at radius 3 is 1.95 bits per heavy atom. The number of carbonyl (C=O) groups excluding carboxylic acids is 1. The molecule has 0 radical (unpaired) electrons. The summed E-state index contributed by atoms with van der Waals surface area (Å²) in [4.78, 5) is 61.2. The van der Waals surface area contributed by atoms with Gasteiger partial charge in [0.2, 0.25) is 12.1 Å². The van der Waals surface area contributed by atoms with Gasteiger partial charge in [0.05, 0.1) is 38.3 Å². The third-order valence-electron chi connectivity index (χ3n) is 8.53. The number of nitrogens with zero attached hydrogens (tertiary/aromatic N) is 2. The molecule has 6 atom stereocenters. The van der Waals surface area contributed by atoms with Crippen molar-refractivity contribution in [1.82, 2.24) is 0 Å². The molecule has 0 spiro atoms. The van der Waals surface area contributed by atoms with Crippen molar-refractivity contribution < 1.29 is 49.2 Å². The Kier molecular flexibility index (Phi) is 11.6. The zero-order valence-corrected chi connectivity index (χ0v) is 21.4. The van der Waals surface area contributed by atoms with E-state index in [4.69, 9.17) is 19.8 Å². The molecule has 3 saturated carbocycles. The van der Waals surface area contributed by atoms with Crippen molar-refractivity contribution in [3.05, 3.63) is 20.2 Å². The summed E-state index contributed by atoms with van der Waals surface area (Å²) in [5, 5.41) is 41.1. The van der Waals surface area contributed by atoms with Crippen molar-refractivity contribution in [2.24, 2.45) is 35.5 Å². The van der Waals surface area contributed by atoms with Gasteiger partial charge in [-0.05, 0) is 69.1 Å². The highest BCUT2D eigenvalue weighted by Crippen LogP contribution is 2.35. The van der Waals surface area contributed by atoms with E-state index >= 15 is 0 Å². The highest BCUT2D eigenvalue weighted by Gasteiger charge is 2.49. The SMILES string of the molecule is O=C(O)C1CCCC([N+](=O)[O-])C1C(=O)OCC1CCC(COOCC2C(COO)CCCC2[N+](=O)[O-])CC1. The van der Waals surface area contributed by atoms with Crippen LogP contribution in [0, 0.1) is 55.7 Å². The number of esters is 1. The first-order valence-electron chi connectivity index (χ1n) is 13.4. The van der Waals surface area contributed by atoms with E-state index in [1.165, 1.54) is 0 Å². The van der Waals surface area contributed by atoms with Gasteiger partial charge in [0.15, 0.2) is 0 Å². The first-order valence-corrected chi connectivity index (χ1v) is 13.4. The second kappa shape index (κ2) is 14.7. The Morgan fingerprint density at radius 2 is 1.34 bits per heavy atom. The lowest BCUT2D eigenvalue weighted by Gasteiger charge is -2.32. The molecule has 0 aromatic rings. The molecule has 6 unspecified atom stereocenters. The minimum absolute atomic E-state index is 0.0113. The lowest BCUT2D eigenvalue weighted by molar-refractivity contribution is -0.542. The summed E-state index contributed by atoms with van der Waals surface area (Å²) in [6, 6.07) is -2.02. The van der Waals surface area contributed by atoms with Crippen LogP contribution >= 0.6 is 0 Å². The number of ether oxygens (including phenoxy) is 1. The van der Waals surface area contributed by atoms with Crippen molar-refractivity contribution in [3.63, 3.8) is 0 Å². The Morgan fingerprint density at radius 1 is 0.763 bits per heavy atom. The molecule has 14 nitrogen and oxygen atoms in total. The van der Waals surface area contributed by atoms with Crippen LogP contribution in [0.3, 0.4) is 0 Å². The lowest BCUT2D eigenvalue weighted by Crippen LogP contribution is -2.46. The van der Waals surface area contributed by atoms with E-state index in [9.17, 15) is 34.9 Å². The summed E-state index contributed by atoms with van der Waals surface area (Å²) in [5.74, 6) is -4.75. The average molecular weight is 547 g/mol. The molecular weight excluding hydrogens is 508 g/mol. The second-order valence-electron chi connectivity index (χ2n) is 10.8. The predicted molar refractivity (Wildman–Crippen MR) is 128 cm³/mol. The van der Waals surface area contributed by atoms with Gasteiger partial charge >= 0.3 is 11.9 Å². The maximum absolute atomic E-state index is 12.7. The van der Waals surface area contributed by atoms with Crippen LogP contribution in [0.1, 0.15) is 64.2 Å². The van der Waals surface area contributed by atoms with Crippen LogP contribution in [0.15, 0.2) is 0 Å². The summed E-state index contributed by atoms with van der Waals surface area (Å²) in [7, 11) is 0. The second-order valence-corrected chi connectivity index (χ2v) is 10.8. The van der Waals surface area contributed by atoms with Crippen molar-refractivity contribution in [2.75, 3.05) is 26.4 Å². The Balaban J connectivity index is 1.38. The molecule has 216 valence electrons. The molecule has 0 heterocycles. The van der Waals surface area contributed by atoms with E-state index in [1.807, 2.05) is 0 Å². The van der Waals surface area contributed by atoms with Gasteiger partial charge in [-0.25, -0.2) is 14.7 Å². The van der Waals surface area contributed by atoms with Gasteiger partial charge in [0.1, 0.15) is 5.92 Å². The molecule has 0 bridgehead atoms. The smallest absolute Gasteiger partial charge is 0.316 e. The van der Waals surface area contributed by atoms with E-state index < -0.39 is 46.7 Å². The number of rotatable bonds is 13. The van der Waals surface area contributed by atoms with Crippen LogP contribution in [0.25, 0.3) is 0 Å². The van der Waals surface area contributed by atoms with Crippen molar-refractivity contribution in [1.29, 1.82) is 0 Å². The first-order chi connectivity index (χ1) is 18.2. The third kappa shape index (κ3) is 8.04. The minimum atomic E-state index is -1.28. The molecular formula is C24H38N2O12. The first kappa shape index (κ1) is 30.1. The Hall–Kier alpha value is -2.42. The number of nitro groups is 2. The highest BCUT2D eigenvalue weighted by atomic mass is 17.2. The monoisotopic (exact) mass is 546 g/mol. The van der Waals surface area contributed by atoms with Gasteiger partial charge in [-0.15, -0.1) is 0 Å². The van der Waals surface area contributed by atoms with E-state index in [2.05, 4.69) is 4.89 Å². The number of carboxylic acids is 1. The Bertz CT molecular complexity index is 794. The van der Waals surface area contributed by atoms with E-state index in [0.717, 1.165) is 25.7 Å². The van der Waals surface area contributed by atoms with Crippen LogP contribution in [-0.2, 0) is 29.0 Å². The van der Waals surface area contributed by atoms with E-state index in [1.54, 1.807) is 0 Å². The molecule has 2 N–H and O–H groups in total. The van der Waals surface area contributed by atoms with Crippen LogP contribution in [-0.4, -0.2) is 70.7 Å². The Labute approximate surface area is 220 Å². The fraction of sp³-hybridized carbons (Fsp3) is 0.917. The zero-order valence-electron chi connectivity index (χ0n) is 21.4. The van der Waals surface area contributed by atoms with Gasteiger partial charge in [-0.2, -0.15) is 0 Å². The highest BCUT2D eigenvalue weighted by molar-refractivity contribution is 5.81. The van der Waals surface area contributed by atoms with E-state index in [-0.39, 0.29) is 55.3 Å². The molecule has 0 aromatic heterocycles. The quantitative estimate of drug-likeness (QED) is 0.113. The topological polar surface area (TPSA) is 198 Å². The zero-order chi connectivity index (χ0) is 27.7. The normalized spacial score (nSPS) is 33.8. The summed E-state index contributed by atoms with van der Waals surface area (Å²) in [6.07, 6.45) is 5.66. The molecule has 0 saturated heterocycles. The fourth-order valence-corrected chi connectivity index (χ4v) is 6.28. The summed E-state index contributed by atoms with van der Waals surface area (Å²) >= 11 is 0. The van der Waals surface area contributed by atoms with Crippen molar-refractivity contribution >= 4 is 11.9 Å². The molecule has 3 aliphatic carbocycles. The molecule has 38 heavy (non-hydrogen) atoms. The van der Waals surface area contributed by atoms with Crippen LogP contribution in [0.2, 0.25) is 0 Å². The number of carboxylic acid groups (broad SMARTS) is 1. The molecule has 0 aromatic carbocycles. The lowest BCUT2D eigenvalue weighted by atomic mass is 9.76. The molecule has 3 fully saturated rings. The van der Waals surface area contributed by atoms with E-state index in [0.29, 0.717) is 32.3 Å². The van der Waals surface area contributed by atoms with Gasteiger partial charge in [0, 0.05) is 22.7 Å². The minimum Gasteiger partial charge on any atom is -0.481 e.